The molecule has 1 aromatic carbocycles. The molecule has 0 atom stereocenters. The number of benzene rings is 1. The zero-order valence-corrected chi connectivity index (χ0v) is 10.4. The Morgan fingerprint density at radius 2 is 1.87 bits per heavy atom. The Hall–Kier alpha value is -0.670. The summed E-state index contributed by atoms with van der Waals surface area (Å²) in [4.78, 5) is 1.27. The highest BCUT2D eigenvalue weighted by Crippen LogP contribution is 2.17. The number of rotatable bonds is 5. The van der Waals surface area contributed by atoms with Gasteiger partial charge in [-0.05, 0) is 50.8 Å². The standard InChI is InChI=1S/C12H19NOS/c1-12(2,14)8-9-13-10-4-6-11(15-3)7-5-10/h4-7,13-14H,8-9H2,1-3H3. The molecular formula is C12H19NOS. The maximum absolute atomic E-state index is 9.53. The molecule has 0 spiro atoms. The largest absolute Gasteiger partial charge is 0.390 e. The second-order valence-corrected chi connectivity index (χ2v) is 5.10. The molecule has 0 aliphatic carbocycles. The molecule has 0 amide bonds. The van der Waals surface area contributed by atoms with Gasteiger partial charge in [0, 0.05) is 17.1 Å². The smallest absolute Gasteiger partial charge is 0.0608 e. The van der Waals surface area contributed by atoms with Crippen molar-refractivity contribution >= 4 is 17.4 Å². The SMILES string of the molecule is CSc1ccc(NCCC(C)(C)O)cc1. The first-order valence-electron chi connectivity index (χ1n) is 5.11. The predicted octanol–water partition coefficient (Wildman–Crippen LogP) is 2.98. The van der Waals surface area contributed by atoms with Crippen molar-refractivity contribution in [1.29, 1.82) is 0 Å². The van der Waals surface area contributed by atoms with Crippen molar-refractivity contribution in [2.24, 2.45) is 0 Å². The molecule has 1 rings (SSSR count). The van der Waals surface area contributed by atoms with E-state index in [4.69, 9.17) is 0 Å². The molecule has 2 N–H and O–H groups in total. The van der Waals surface area contributed by atoms with Crippen molar-refractivity contribution < 1.29 is 5.11 Å². The van der Waals surface area contributed by atoms with Crippen molar-refractivity contribution in [3.63, 3.8) is 0 Å². The van der Waals surface area contributed by atoms with Gasteiger partial charge in [0.15, 0.2) is 0 Å². The molecular weight excluding hydrogens is 206 g/mol. The average molecular weight is 225 g/mol. The van der Waals surface area contributed by atoms with E-state index in [0.29, 0.717) is 0 Å². The summed E-state index contributed by atoms with van der Waals surface area (Å²) in [7, 11) is 0. The summed E-state index contributed by atoms with van der Waals surface area (Å²) < 4.78 is 0. The third kappa shape index (κ3) is 5.09. The lowest BCUT2D eigenvalue weighted by atomic mass is 10.1. The van der Waals surface area contributed by atoms with Gasteiger partial charge in [-0.2, -0.15) is 0 Å². The van der Waals surface area contributed by atoms with E-state index >= 15 is 0 Å². The van der Waals surface area contributed by atoms with Gasteiger partial charge in [-0.1, -0.05) is 0 Å². The van der Waals surface area contributed by atoms with Crippen molar-refractivity contribution in [2.75, 3.05) is 18.1 Å². The van der Waals surface area contributed by atoms with Gasteiger partial charge < -0.3 is 10.4 Å². The van der Waals surface area contributed by atoms with E-state index in [-0.39, 0.29) is 0 Å². The van der Waals surface area contributed by atoms with E-state index in [1.165, 1.54) is 4.90 Å². The molecule has 0 saturated carbocycles. The van der Waals surface area contributed by atoms with Crippen LogP contribution in [0, 0.1) is 0 Å². The van der Waals surface area contributed by atoms with Gasteiger partial charge in [-0.25, -0.2) is 0 Å². The Labute approximate surface area is 96.1 Å². The van der Waals surface area contributed by atoms with Crippen LogP contribution in [0.5, 0.6) is 0 Å². The first-order valence-corrected chi connectivity index (χ1v) is 6.34. The molecule has 0 aliphatic heterocycles. The maximum Gasteiger partial charge on any atom is 0.0608 e. The first kappa shape index (κ1) is 12.4. The van der Waals surface area contributed by atoms with Crippen LogP contribution >= 0.6 is 11.8 Å². The number of hydrogen-bond donors (Lipinski definition) is 2. The van der Waals surface area contributed by atoms with Crippen molar-refractivity contribution in [1.82, 2.24) is 0 Å². The van der Waals surface area contributed by atoms with Crippen molar-refractivity contribution in [3.8, 4) is 0 Å². The minimum atomic E-state index is -0.591. The van der Waals surface area contributed by atoms with Crippen LogP contribution in [0.2, 0.25) is 0 Å². The molecule has 0 radical (unpaired) electrons. The van der Waals surface area contributed by atoms with Crippen LogP contribution in [-0.4, -0.2) is 23.5 Å². The fourth-order valence-corrected chi connectivity index (χ4v) is 1.63. The third-order valence-electron chi connectivity index (χ3n) is 2.16. The van der Waals surface area contributed by atoms with E-state index < -0.39 is 5.60 Å². The summed E-state index contributed by atoms with van der Waals surface area (Å²) in [6.07, 6.45) is 2.81. The fraction of sp³-hybridized carbons (Fsp3) is 0.500. The molecule has 2 nitrogen and oxygen atoms in total. The fourth-order valence-electron chi connectivity index (χ4n) is 1.22. The summed E-state index contributed by atoms with van der Waals surface area (Å²) in [5.41, 5.74) is 0.517. The Morgan fingerprint density at radius 3 is 2.33 bits per heavy atom. The Kier molecular flexibility index (Phi) is 4.48. The summed E-state index contributed by atoms with van der Waals surface area (Å²) in [5.74, 6) is 0. The van der Waals surface area contributed by atoms with Crippen LogP contribution in [0.3, 0.4) is 0 Å². The van der Waals surface area contributed by atoms with Gasteiger partial charge in [0.1, 0.15) is 0 Å². The number of anilines is 1. The van der Waals surface area contributed by atoms with Gasteiger partial charge in [0.25, 0.3) is 0 Å². The molecule has 0 bridgehead atoms. The number of thioether (sulfide) groups is 1. The van der Waals surface area contributed by atoms with E-state index in [2.05, 4.69) is 35.8 Å². The second kappa shape index (κ2) is 5.42. The molecule has 84 valence electrons. The molecule has 0 unspecified atom stereocenters. The van der Waals surface area contributed by atoms with Gasteiger partial charge in [0.2, 0.25) is 0 Å². The van der Waals surface area contributed by atoms with E-state index in [0.717, 1.165) is 18.7 Å². The number of aliphatic hydroxyl groups is 1. The lowest BCUT2D eigenvalue weighted by molar-refractivity contribution is 0.0749. The zero-order valence-electron chi connectivity index (χ0n) is 9.58. The first-order chi connectivity index (χ1) is 7.01. The van der Waals surface area contributed by atoms with E-state index in [1.54, 1.807) is 11.8 Å². The molecule has 0 aliphatic rings. The van der Waals surface area contributed by atoms with Gasteiger partial charge in [0.05, 0.1) is 5.60 Å². The third-order valence-corrected chi connectivity index (χ3v) is 2.90. The van der Waals surface area contributed by atoms with Crippen LogP contribution in [0.15, 0.2) is 29.2 Å². The van der Waals surface area contributed by atoms with Crippen LogP contribution in [0.25, 0.3) is 0 Å². The Bertz CT molecular complexity index is 289. The molecule has 1 aromatic rings. The number of hydrogen-bond acceptors (Lipinski definition) is 3. The maximum atomic E-state index is 9.53. The molecule has 0 heterocycles. The monoisotopic (exact) mass is 225 g/mol. The van der Waals surface area contributed by atoms with Crippen LogP contribution < -0.4 is 5.32 Å². The highest BCUT2D eigenvalue weighted by atomic mass is 32.2. The predicted molar refractivity (Wildman–Crippen MR) is 67.6 cm³/mol. The molecule has 0 fully saturated rings. The lowest BCUT2D eigenvalue weighted by Crippen LogP contribution is -2.22. The van der Waals surface area contributed by atoms with E-state index in [9.17, 15) is 5.11 Å². The van der Waals surface area contributed by atoms with Crippen LogP contribution in [0.1, 0.15) is 20.3 Å². The summed E-state index contributed by atoms with van der Waals surface area (Å²) in [6.45, 7) is 4.44. The second-order valence-electron chi connectivity index (χ2n) is 4.22. The topological polar surface area (TPSA) is 32.3 Å². The van der Waals surface area contributed by atoms with Gasteiger partial charge >= 0.3 is 0 Å². The van der Waals surface area contributed by atoms with Crippen molar-refractivity contribution in [3.05, 3.63) is 24.3 Å². The van der Waals surface area contributed by atoms with Gasteiger partial charge in [-0.3, -0.25) is 0 Å². The summed E-state index contributed by atoms with van der Waals surface area (Å²) >= 11 is 1.74. The molecule has 15 heavy (non-hydrogen) atoms. The Morgan fingerprint density at radius 1 is 1.27 bits per heavy atom. The van der Waals surface area contributed by atoms with Crippen LogP contribution in [0.4, 0.5) is 5.69 Å². The molecule has 0 saturated heterocycles. The highest BCUT2D eigenvalue weighted by molar-refractivity contribution is 7.98. The lowest BCUT2D eigenvalue weighted by Gasteiger charge is -2.17. The highest BCUT2D eigenvalue weighted by Gasteiger charge is 2.10. The molecule has 0 aromatic heterocycles. The van der Waals surface area contributed by atoms with Crippen molar-refractivity contribution in [2.45, 2.75) is 30.8 Å². The summed E-state index contributed by atoms with van der Waals surface area (Å²) in [5, 5.41) is 12.8. The molecule has 3 heteroatoms. The normalized spacial score (nSPS) is 11.5. The summed E-state index contributed by atoms with van der Waals surface area (Å²) in [6, 6.07) is 8.32. The quantitative estimate of drug-likeness (QED) is 0.756. The Balaban J connectivity index is 2.38. The minimum Gasteiger partial charge on any atom is -0.390 e. The minimum absolute atomic E-state index is 0.591. The average Bonchev–Trinajstić information content (AvgIpc) is 2.17. The zero-order chi connectivity index (χ0) is 11.3. The number of nitrogens with one attached hydrogen (secondary N) is 1. The van der Waals surface area contributed by atoms with E-state index in [1.807, 2.05) is 13.8 Å². The van der Waals surface area contributed by atoms with Gasteiger partial charge in [-0.15, -0.1) is 11.8 Å². The van der Waals surface area contributed by atoms with Crippen LogP contribution in [-0.2, 0) is 0 Å².